The Bertz CT molecular complexity index is 3200. The lowest BCUT2D eigenvalue weighted by molar-refractivity contribution is 1.23. The van der Waals surface area contributed by atoms with E-state index < -0.39 is 0 Å². The average Bonchev–Trinajstić information content (AvgIpc) is 3.71. The Balaban J connectivity index is 1.04. The summed E-state index contributed by atoms with van der Waals surface area (Å²) >= 11 is 1.84. The molecule has 60 heavy (non-hydrogen) atoms. The predicted molar refractivity (Wildman–Crippen MR) is 254 cm³/mol. The summed E-state index contributed by atoms with van der Waals surface area (Å²) in [6.07, 6.45) is 0. The van der Waals surface area contributed by atoms with Crippen molar-refractivity contribution in [1.82, 2.24) is 9.97 Å². The summed E-state index contributed by atoms with van der Waals surface area (Å²) in [5, 5.41) is 3.51. The fourth-order valence-electron chi connectivity index (χ4n) is 8.42. The van der Waals surface area contributed by atoms with E-state index in [1.807, 2.05) is 23.5 Å². The molecular formula is C56H37N3S. The van der Waals surface area contributed by atoms with Crippen LogP contribution >= 0.6 is 11.3 Å². The molecule has 0 N–H and O–H groups in total. The van der Waals surface area contributed by atoms with Crippen molar-refractivity contribution in [3.8, 4) is 56.0 Å². The molecule has 0 aliphatic carbocycles. The Kier molecular flexibility index (Phi) is 9.03. The highest BCUT2D eigenvalue weighted by Gasteiger charge is 2.20. The van der Waals surface area contributed by atoms with Crippen molar-refractivity contribution in [2.24, 2.45) is 0 Å². The van der Waals surface area contributed by atoms with Crippen molar-refractivity contribution in [1.29, 1.82) is 0 Å². The lowest BCUT2D eigenvalue weighted by atomic mass is 9.94. The first-order chi connectivity index (χ1) is 29.7. The number of hydrogen-bond donors (Lipinski definition) is 0. The Hall–Kier alpha value is -7.66. The van der Waals surface area contributed by atoms with E-state index in [0.29, 0.717) is 5.82 Å². The first kappa shape index (κ1) is 35.5. The summed E-state index contributed by atoms with van der Waals surface area (Å²) in [6.45, 7) is 0. The molecule has 0 spiro atoms. The molecular weight excluding hydrogens is 747 g/mol. The summed E-state index contributed by atoms with van der Waals surface area (Å²) in [5.41, 5.74) is 14.3. The minimum absolute atomic E-state index is 0.717. The molecule has 4 heteroatoms. The second-order valence-electron chi connectivity index (χ2n) is 14.9. The van der Waals surface area contributed by atoms with Crippen molar-refractivity contribution in [3.05, 3.63) is 224 Å². The second-order valence-corrected chi connectivity index (χ2v) is 16.0. The van der Waals surface area contributed by atoms with Gasteiger partial charge in [-0.15, -0.1) is 11.3 Å². The summed E-state index contributed by atoms with van der Waals surface area (Å²) in [4.78, 5) is 12.8. The number of rotatable bonds is 8. The third-order valence-electron chi connectivity index (χ3n) is 11.3. The zero-order valence-corrected chi connectivity index (χ0v) is 33.4. The van der Waals surface area contributed by atoms with Crippen LogP contribution in [0.25, 0.3) is 87.1 Å². The lowest BCUT2D eigenvalue weighted by Crippen LogP contribution is -2.09. The number of hydrogen-bond acceptors (Lipinski definition) is 4. The van der Waals surface area contributed by atoms with Crippen LogP contribution in [0.2, 0.25) is 0 Å². The summed E-state index contributed by atoms with van der Waals surface area (Å²) in [5.74, 6) is 0.717. The molecule has 0 saturated carbocycles. The molecule has 9 aromatic carbocycles. The fraction of sp³-hybridized carbons (Fsp3) is 0. The molecule has 0 bridgehead atoms. The highest BCUT2D eigenvalue weighted by molar-refractivity contribution is 7.26. The van der Waals surface area contributed by atoms with E-state index in [2.05, 4.69) is 217 Å². The van der Waals surface area contributed by atoms with Gasteiger partial charge < -0.3 is 4.90 Å². The van der Waals surface area contributed by atoms with Gasteiger partial charge in [0.25, 0.3) is 0 Å². The SMILES string of the molecule is c1ccc(-c2ccc(N(c3ccc(-c4ccccc4)cc3)c3ccc4c(c3)sc3cccc(-c5ccccc5-c5nc(-c6ccccc6)c6ccccc6n5)c34)cc2)cc1. The van der Waals surface area contributed by atoms with E-state index in [-0.39, 0.29) is 0 Å². The molecule has 0 radical (unpaired) electrons. The van der Waals surface area contributed by atoms with Gasteiger partial charge in [0, 0.05) is 53.7 Å². The third kappa shape index (κ3) is 6.50. The maximum absolute atomic E-state index is 5.28. The van der Waals surface area contributed by atoms with Crippen molar-refractivity contribution in [3.63, 3.8) is 0 Å². The third-order valence-corrected chi connectivity index (χ3v) is 12.4. The number of nitrogens with zero attached hydrogens (tertiary/aromatic N) is 3. The van der Waals surface area contributed by atoms with Crippen LogP contribution < -0.4 is 4.90 Å². The highest BCUT2D eigenvalue weighted by Crippen LogP contribution is 2.45. The smallest absolute Gasteiger partial charge is 0.161 e. The molecule has 0 fully saturated rings. The molecule has 11 aromatic rings. The molecule has 0 atom stereocenters. The molecule has 11 rings (SSSR count). The summed E-state index contributed by atoms with van der Waals surface area (Å²) in [7, 11) is 0. The largest absolute Gasteiger partial charge is 0.310 e. The summed E-state index contributed by atoms with van der Waals surface area (Å²) in [6, 6.07) is 79.8. The van der Waals surface area contributed by atoms with Gasteiger partial charge in [-0.3, -0.25) is 0 Å². The minimum atomic E-state index is 0.717. The zero-order valence-electron chi connectivity index (χ0n) is 32.6. The van der Waals surface area contributed by atoms with Crippen LogP contribution in [0.4, 0.5) is 17.1 Å². The highest BCUT2D eigenvalue weighted by atomic mass is 32.1. The first-order valence-corrected chi connectivity index (χ1v) is 21.1. The van der Waals surface area contributed by atoms with E-state index >= 15 is 0 Å². The Labute approximate surface area is 353 Å². The van der Waals surface area contributed by atoms with Gasteiger partial charge in [-0.05, 0) is 81.9 Å². The van der Waals surface area contributed by atoms with Gasteiger partial charge >= 0.3 is 0 Å². The quantitative estimate of drug-likeness (QED) is 0.154. The maximum Gasteiger partial charge on any atom is 0.161 e. The number of aromatic nitrogens is 2. The Morgan fingerprint density at radius 2 is 0.850 bits per heavy atom. The van der Waals surface area contributed by atoms with Crippen molar-refractivity contribution in [2.45, 2.75) is 0 Å². The molecule has 2 heterocycles. The van der Waals surface area contributed by atoms with Crippen LogP contribution in [-0.2, 0) is 0 Å². The molecule has 282 valence electrons. The van der Waals surface area contributed by atoms with E-state index in [4.69, 9.17) is 9.97 Å². The molecule has 3 nitrogen and oxygen atoms in total. The van der Waals surface area contributed by atoms with E-state index in [9.17, 15) is 0 Å². The van der Waals surface area contributed by atoms with Gasteiger partial charge in [-0.2, -0.15) is 0 Å². The first-order valence-electron chi connectivity index (χ1n) is 20.2. The van der Waals surface area contributed by atoms with Gasteiger partial charge in [0.1, 0.15) is 0 Å². The van der Waals surface area contributed by atoms with Crippen LogP contribution in [0.3, 0.4) is 0 Å². The van der Waals surface area contributed by atoms with Crippen molar-refractivity contribution < 1.29 is 0 Å². The Morgan fingerprint density at radius 3 is 1.50 bits per heavy atom. The maximum atomic E-state index is 5.28. The number of fused-ring (bicyclic) bond motifs is 4. The van der Waals surface area contributed by atoms with Gasteiger partial charge in [0.05, 0.1) is 11.2 Å². The van der Waals surface area contributed by atoms with Crippen LogP contribution in [0, 0.1) is 0 Å². The van der Waals surface area contributed by atoms with E-state index in [1.54, 1.807) is 0 Å². The minimum Gasteiger partial charge on any atom is -0.310 e. The van der Waals surface area contributed by atoms with Crippen molar-refractivity contribution >= 4 is 59.5 Å². The van der Waals surface area contributed by atoms with E-state index in [0.717, 1.165) is 50.3 Å². The standard InChI is InChI=1S/C56H37N3S/c1-4-15-38(16-5-1)40-27-31-43(32-28-40)59(44-33-29-41(30-34-44)39-17-6-2-7-18-39)45-35-36-50-53(37-45)60-52-26-14-24-47(54(50)52)46-21-10-11-22-48(46)56-57-51-25-13-12-23-49(51)55(58-56)42-19-8-3-9-20-42/h1-37H. The molecule has 0 aliphatic heterocycles. The van der Waals surface area contributed by atoms with Gasteiger partial charge in [0.15, 0.2) is 5.82 Å². The van der Waals surface area contributed by atoms with Crippen LogP contribution in [0.5, 0.6) is 0 Å². The second kappa shape index (κ2) is 15.3. The van der Waals surface area contributed by atoms with Crippen LogP contribution in [-0.4, -0.2) is 9.97 Å². The number of benzene rings is 9. The van der Waals surface area contributed by atoms with Crippen LogP contribution in [0.1, 0.15) is 0 Å². The Morgan fingerprint density at radius 1 is 0.333 bits per heavy atom. The van der Waals surface area contributed by atoms with Gasteiger partial charge in [-0.1, -0.05) is 176 Å². The molecule has 0 unspecified atom stereocenters. The normalized spacial score (nSPS) is 11.3. The number of para-hydroxylation sites is 1. The van der Waals surface area contributed by atoms with Gasteiger partial charge in [-0.25, -0.2) is 9.97 Å². The number of anilines is 3. The molecule has 0 amide bonds. The van der Waals surface area contributed by atoms with Gasteiger partial charge in [0.2, 0.25) is 0 Å². The molecule has 2 aromatic heterocycles. The predicted octanol–water partition coefficient (Wildman–Crippen LogP) is 15.8. The molecule has 0 aliphatic rings. The fourth-order valence-corrected chi connectivity index (χ4v) is 9.58. The van der Waals surface area contributed by atoms with E-state index in [1.165, 1.54) is 48.0 Å². The topological polar surface area (TPSA) is 29.0 Å². The van der Waals surface area contributed by atoms with Crippen LogP contribution in [0.15, 0.2) is 224 Å². The lowest BCUT2D eigenvalue weighted by Gasteiger charge is -2.26. The average molecular weight is 784 g/mol. The van der Waals surface area contributed by atoms with Crippen molar-refractivity contribution in [2.75, 3.05) is 4.90 Å². The summed E-state index contributed by atoms with van der Waals surface area (Å²) < 4.78 is 2.47. The zero-order chi connectivity index (χ0) is 39.8. The monoisotopic (exact) mass is 783 g/mol. The number of thiophene rings is 1. The molecule has 0 saturated heterocycles.